The summed E-state index contributed by atoms with van der Waals surface area (Å²) in [6.07, 6.45) is 1.30. The first kappa shape index (κ1) is 15.8. The molecule has 0 spiro atoms. The molecule has 0 bridgehead atoms. The second-order valence-corrected chi connectivity index (χ2v) is 6.09. The molecule has 4 heteroatoms. The van der Waals surface area contributed by atoms with E-state index >= 15 is 0 Å². The van der Waals surface area contributed by atoms with Crippen LogP contribution in [0.2, 0.25) is 0 Å². The van der Waals surface area contributed by atoms with E-state index in [4.69, 9.17) is 10.5 Å². The number of hydrogen-bond donors (Lipinski definition) is 1. The Hall–Kier alpha value is -1.55. The Bertz CT molecular complexity index is 487. The van der Waals surface area contributed by atoms with Crippen LogP contribution in [0, 0.1) is 5.92 Å². The van der Waals surface area contributed by atoms with Crippen molar-refractivity contribution in [1.82, 2.24) is 4.90 Å². The normalized spacial score (nSPS) is 22.7. The fraction of sp³-hybridized carbons (Fsp3) is 0.588. The third-order valence-electron chi connectivity index (χ3n) is 3.83. The standard InChI is InChI=1S/C17H26N2O2/c1-4-21-14-7-5-6-13(10-14)17-15(18)8-9-16(20)19(17)11-12(2)3/h5-7,10,12,15,17H,4,8-9,11,18H2,1-3H3. The van der Waals surface area contributed by atoms with E-state index in [2.05, 4.69) is 13.8 Å². The summed E-state index contributed by atoms with van der Waals surface area (Å²) in [5.41, 5.74) is 7.40. The van der Waals surface area contributed by atoms with E-state index in [9.17, 15) is 4.79 Å². The van der Waals surface area contributed by atoms with Gasteiger partial charge in [-0.05, 0) is 37.0 Å². The molecule has 2 unspecified atom stereocenters. The van der Waals surface area contributed by atoms with Gasteiger partial charge in [0.2, 0.25) is 5.91 Å². The highest BCUT2D eigenvalue weighted by Crippen LogP contribution is 2.33. The van der Waals surface area contributed by atoms with Crippen LogP contribution < -0.4 is 10.5 Å². The minimum atomic E-state index is -0.0472. The van der Waals surface area contributed by atoms with E-state index in [0.29, 0.717) is 18.9 Å². The first-order valence-electron chi connectivity index (χ1n) is 7.80. The van der Waals surface area contributed by atoms with Crippen molar-refractivity contribution in [3.63, 3.8) is 0 Å². The maximum absolute atomic E-state index is 12.3. The van der Waals surface area contributed by atoms with Gasteiger partial charge < -0.3 is 15.4 Å². The molecule has 116 valence electrons. The van der Waals surface area contributed by atoms with Gasteiger partial charge in [0.1, 0.15) is 5.75 Å². The van der Waals surface area contributed by atoms with Crippen LogP contribution in [0.15, 0.2) is 24.3 Å². The molecule has 1 aromatic carbocycles. The topological polar surface area (TPSA) is 55.6 Å². The predicted molar refractivity (Wildman–Crippen MR) is 84.1 cm³/mol. The van der Waals surface area contributed by atoms with Crippen molar-refractivity contribution >= 4 is 5.91 Å². The average molecular weight is 290 g/mol. The van der Waals surface area contributed by atoms with E-state index in [1.165, 1.54) is 0 Å². The lowest BCUT2D eigenvalue weighted by atomic mass is 9.89. The number of nitrogens with zero attached hydrogens (tertiary/aromatic N) is 1. The molecule has 1 heterocycles. The maximum atomic E-state index is 12.3. The van der Waals surface area contributed by atoms with Gasteiger partial charge >= 0.3 is 0 Å². The second kappa shape index (κ2) is 6.94. The van der Waals surface area contributed by atoms with Gasteiger partial charge in [-0.3, -0.25) is 4.79 Å². The largest absolute Gasteiger partial charge is 0.494 e. The zero-order valence-electron chi connectivity index (χ0n) is 13.2. The van der Waals surface area contributed by atoms with Gasteiger partial charge in [-0.1, -0.05) is 26.0 Å². The summed E-state index contributed by atoms with van der Waals surface area (Å²) in [6.45, 7) is 7.60. The molecular weight excluding hydrogens is 264 g/mol. The van der Waals surface area contributed by atoms with Gasteiger partial charge in [0.15, 0.2) is 0 Å². The monoisotopic (exact) mass is 290 g/mol. The third-order valence-corrected chi connectivity index (χ3v) is 3.83. The van der Waals surface area contributed by atoms with Crippen LogP contribution in [0.5, 0.6) is 5.75 Å². The zero-order chi connectivity index (χ0) is 15.4. The van der Waals surface area contributed by atoms with E-state index in [1.54, 1.807) is 0 Å². The molecule has 1 fully saturated rings. The number of amides is 1. The minimum Gasteiger partial charge on any atom is -0.494 e. The molecule has 2 atom stereocenters. The van der Waals surface area contributed by atoms with Crippen molar-refractivity contribution in [3.8, 4) is 5.75 Å². The Kier molecular flexibility index (Phi) is 5.23. The number of piperidine rings is 1. The van der Waals surface area contributed by atoms with Crippen molar-refractivity contribution in [1.29, 1.82) is 0 Å². The minimum absolute atomic E-state index is 0.0154. The molecule has 0 radical (unpaired) electrons. The van der Waals surface area contributed by atoms with Gasteiger partial charge in [0, 0.05) is 19.0 Å². The fourth-order valence-electron chi connectivity index (χ4n) is 2.97. The highest BCUT2D eigenvalue weighted by Gasteiger charge is 2.35. The Balaban J connectivity index is 2.31. The van der Waals surface area contributed by atoms with Gasteiger partial charge in [-0.15, -0.1) is 0 Å². The van der Waals surface area contributed by atoms with Crippen molar-refractivity contribution in [2.45, 2.75) is 45.7 Å². The number of nitrogens with two attached hydrogens (primary N) is 1. The molecule has 2 N–H and O–H groups in total. The van der Waals surface area contributed by atoms with Crippen LogP contribution >= 0.6 is 0 Å². The molecule has 1 saturated heterocycles. The molecular formula is C17H26N2O2. The SMILES string of the molecule is CCOc1cccc(C2C(N)CCC(=O)N2CC(C)C)c1. The number of rotatable bonds is 5. The molecule has 0 saturated carbocycles. The number of benzene rings is 1. The van der Waals surface area contributed by atoms with Crippen molar-refractivity contribution in [2.75, 3.05) is 13.2 Å². The average Bonchev–Trinajstić information content (AvgIpc) is 2.43. The summed E-state index contributed by atoms with van der Waals surface area (Å²) in [5, 5.41) is 0. The summed E-state index contributed by atoms with van der Waals surface area (Å²) < 4.78 is 5.57. The Morgan fingerprint density at radius 1 is 1.43 bits per heavy atom. The number of carbonyl (C=O) groups excluding carboxylic acids is 1. The molecule has 0 aromatic heterocycles. The lowest BCUT2D eigenvalue weighted by Gasteiger charge is -2.41. The molecule has 4 nitrogen and oxygen atoms in total. The molecule has 2 rings (SSSR count). The molecule has 1 aliphatic rings. The zero-order valence-corrected chi connectivity index (χ0v) is 13.2. The lowest BCUT2D eigenvalue weighted by Crippen LogP contribution is -2.49. The van der Waals surface area contributed by atoms with Crippen LogP contribution in [0.25, 0.3) is 0 Å². The van der Waals surface area contributed by atoms with Crippen LogP contribution in [0.1, 0.15) is 45.2 Å². The maximum Gasteiger partial charge on any atom is 0.223 e. The van der Waals surface area contributed by atoms with Crippen LogP contribution in [0.3, 0.4) is 0 Å². The first-order valence-corrected chi connectivity index (χ1v) is 7.80. The van der Waals surface area contributed by atoms with Crippen molar-refractivity contribution in [2.24, 2.45) is 11.7 Å². The number of carbonyl (C=O) groups is 1. The highest BCUT2D eigenvalue weighted by atomic mass is 16.5. The summed E-state index contributed by atoms with van der Waals surface area (Å²) in [4.78, 5) is 14.3. The molecule has 21 heavy (non-hydrogen) atoms. The number of likely N-dealkylation sites (tertiary alicyclic amines) is 1. The Morgan fingerprint density at radius 3 is 2.86 bits per heavy atom. The van der Waals surface area contributed by atoms with E-state index in [-0.39, 0.29) is 18.0 Å². The van der Waals surface area contributed by atoms with Gasteiger partial charge in [-0.25, -0.2) is 0 Å². The van der Waals surface area contributed by atoms with Gasteiger partial charge in [-0.2, -0.15) is 0 Å². The summed E-state index contributed by atoms with van der Waals surface area (Å²) in [5.74, 6) is 1.47. The van der Waals surface area contributed by atoms with Gasteiger partial charge in [0.25, 0.3) is 0 Å². The summed E-state index contributed by atoms with van der Waals surface area (Å²) in [7, 11) is 0. The highest BCUT2D eigenvalue weighted by molar-refractivity contribution is 5.78. The smallest absolute Gasteiger partial charge is 0.223 e. The second-order valence-electron chi connectivity index (χ2n) is 6.09. The van der Waals surface area contributed by atoms with Gasteiger partial charge in [0.05, 0.1) is 12.6 Å². The van der Waals surface area contributed by atoms with Crippen molar-refractivity contribution < 1.29 is 9.53 Å². The molecule has 1 amide bonds. The summed E-state index contributed by atoms with van der Waals surface area (Å²) >= 11 is 0. The number of hydrogen-bond acceptors (Lipinski definition) is 3. The van der Waals surface area contributed by atoms with E-state index in [1.807, 2.05) is 36.1 Å². The van der Waals surface area contributed by atoms with Crippen molar-refractivity contribution in [3.05, 3.63) is 29.8 Å². The Morgan fingerprint density at radius 2 is 2.19 bits per heavy atom. The lowest BCUT2D eigenvalue weighted by molar-refractivity contribution is -0.138. The predicted octanol–water partition coefficient (Wildman–Crippen LogP) is 2.73. The van der Waals surface area contributed by atoms with E-state index < -0.39 is 0 Å². The quantitative estimate of drug-likeness (QED) is 0.907. The third kappa shape index (κ3) is 3.76. The van der Waals surface area contributed by atoms with Crippen LogP contribution in [0.4, 0.5) is 0 Å². The number of ether oxygens (including phenoxy) is 1. The first-order chi connectivity index (χ1) is 10.0. The molecule has 1 aliphatic heterocycles. The Labute approximate surface area is 127 Å². The fourth-order valence-corrected chi connectivity index (χ4v) is 2.97. The summed E-state index contributed by atoms with van der Waals surface area (Å²) in [6, 6.07) is 7.90. The molecule has 1 aromatic rings. The van der Waals surface area contributed by atoms with E-state index in [0.717, 1.165) is 24.3 Å². The van der Waals surface area contributed by atoms with Crippen LogP contribution in [-0.2, 0) is 4.79 Å². The van der Waals surface area contributed by atoms with Crippen LogP contribution in [-0.4, -0.2) is 30.0 Å². The molecule has 0 aliphatic carbocycles.